The molecular formula is C41H74N2+2. The van der Waals surface area contributed by atoms with Crippen molar-refractivity contribution in [3.05, 3.63) is 60.2 Å². The summed E-state index contributed by atoms with van der Waals surface area (Å²) in [5.41, 5.74) is 3.13. The molecule has 0 aliphatic heterocycles. The largest absolute Gasteiger partial charge is 0.205 e. The Bertz CT molecular complexity index is 767. The van der Waals surface area contributed by atoms with E-state index in [4.69, 9.17) is 0 Å². The lowest BCUT2D eigenvalue weighted by Gasteiger charge is -2.16. The van der Waals surface area contributed by atoms with Crippen molar-refractivity contribution < 1.29 is 9.13 Å². The van der Waals surface area contributed by atoms with Crippen molar-refractivity contribution in [3.63, 3.8) is 0 Å². The number of aromatic nitrogens is 2. The fraction of sp³-hybridized carbons (Fsp3) is 0.756. The molecule has 0 bridgehead atoms. The van der Waals surface area contributed by atoms with Crippen molar-refractivity contribution in [1.29, 1.82) is 0 Å². The topological polar surface area (TPSA) is 7.76 Å². The highest BCUT2D eigenvalue weighted by atomic mass is 14.9. The second-order valence-corrected chi connectivity index (χ2v) is 13.2. The summed E-state index contributed by atoms with van der Waals surface area (Å²) in [6.45, 7) is 11.6. The van der Waals surface area contributed by atoms with Crippen LogP contribution in [0.15, 0.2) is 49.1 Å². The first-order valence-corrected chi connectivity index (χ1v) is 18.7. The third kappa shape index (κ3) is 18.0. The van der Waals surface area contributed by atoms with E-state index in [9.17, 15) is 0 Å². The van der Waals surface area contributed by atoms with E-state index in [1.807, 2.05) is 0 Å². The van der Waals surface area contributed by atoms with Crippen molar-refractivity contribution in [2.45, 2.75) is 201 Å². The molecule has 0 aliphatic carbocycles. The molecular weight excluding hydrogens is 520 g/mol. The van der Waals surface area contributed by atoms with E-state index in [2.05, 4.69) is 85.9 Å². The minimum absolute atomic E-state index is 0. The maximum Gasteiger partial charge on any atom is 0.169 e. The summed E-state index contributed by atoms with van der Waals surface area (Å²) >= 11 is 0. The van der Waals surface area contributed by atoms with Gasteiger partial charge in [-0.05, 0) is 61.5 Å². The Balaban J connectivity index is 0.00000924. The molecule has 0 amide bonds. The summed E-state index contributed by atoms with van der Waals surface area (Å²) in [5, 5.41) is 0. The van der Waals surface area contributed by atoms with Gasteiger partial charge in [0, 0.05) is 37.1 Å². The number of hydrogen-bond donors (Lipinski definition) is 0. The Morgan fingerprint density at radius 1 is 0.395 bits per heavy atom. The highest BCUT2D eigenvalue weighted by molar-refractivity contribution is 5.14. The number of unbranched alkanes of at least 4 members (excludes halogenated alkanes) is 13. The Hall–Kier alpha value is -1.70. The number of pyridine rings is 2. The van der Waals surface area contributed by atoms with E-state index >= 15 is 0 Å². The zero-order valence-electron chi connectivity index (χ0n) is 28.6. The van der Waals surface area contributed by atoms with Gasteiger partial charge < -0.3 is 0 Å². The number of rotatable bonds is 27. The Kier molecular flexibility index (Phi) is 24.4. The monoisotopic (exact) mass is 595 g/mol. The molecule has 0 spiro atoms. The predicted octanol–water partition coefficient (Wildman–Crippen LogP) is 12.4. The molecule has 43 heavy (non-hydrogen) atoms. The zero-order chi connectivity index (χ0) is 30.1. The smallest absolute Gasteiger partial charge is 0.169 e. The van der Waals surface area contributed by atoms with Crippen molar-refractivity contribution in [3.8, 4) is 0 Å². The van der Waals surface area contributed by atoms with Gasteiger partial charge in [0.05, 0.1) is 0 Å². The summed E-state index contributed by atoms with van der Waals surface area (Å²) in [4.78, 5) is 0. The molecule has 246 valence electrons. The summed E-state index contributed by atoms with van der Waals surface area (Å²) in [5.74, 6) is 1.53. The molecule has 0 radical (unpaired) electrons. The van der Waals surface area contributed by atoms with Crippen LogP contribution in [-0.4, -0.2) is 0 Å². The van der Waals surface area contributed by atoms with Crippen LogP contribution in [0.25, 0.3) is 0 Å². The molecule has 0 saturated carbocycles. The molecule has 0 fully saturated rings. The van der Waals surface area contributed by atoms with Crippen molar-refractivity contribution >= 4 is 0 Å². The van der Waals surface area contributed by atoms with Crippen LogP contribution in [0, 0.1) is 0 Å². The molecule has 2 rings (SSSR count). The van der Waals surface area contributed by atoms with Crippen molar-refractivity contribution in [1.82, 2.24) is 0 Å². The fourth-order valence-corrected chi connectivity index (χ4v) is 6.54. The molecule has 0 saturated heterocycles. The van der Waals surface area contributed by atoms with Gasteiger partial charge in [0.1, 0.15) is 13.1 Å². The predicted molar refractivity (Wildman–Crippen MR) is 190 cm³/mol. The Morgan fingerprint density at radius 2 is 0.651 bits per heavy atom. The normalized spacial score (nSPS) is 11.4. The molecule has 0 aliphatic rings. The van der Waals surface area contributed by atoms with Crippen LogP contribution in [0.1, 0.15) is 199 Å². The Labute approximate surface area is 270 Å². The first-order chi connectivity index (χ1) is 20.7. The first kappa shape index (κ1) is 39.3. The van der Waals surface area contributed by atoms with E-state index in [1.54, 1.807) is 11.1 Å². The van der Waals surface area contributed by atoms with Crippen LogP contribution in [-0.2, 0) is 13.1 Å². The van der Waals surface area contributed by atoms with E-state index in [0.29, 0.717) is 0 Å². The molecule has 0 aromatic carbocycles. The van der Waals surface area contributed by atoms with Gasteiger partial charge in [0.25, 0.3) is 0 Å². The van der Waals surface area contributed by atoms with Crippen LogP contribution in [0.2, 0.25) is 0 Å². The molecule has 2 nitrogen and oxygen atoms in total. The summed E-state index contributed by atoms with van der Waals surface area (Å²) in [6.07, 6.45) is 39.3. The molecule has 0 N–H and O–H groups in total. The van der Waals surface area contributed by atoms with Gasteiger partial charge in [-0.1, -0.05) is 125 Å². The van der Waals surface area contributed by atoms with Gasteiger partial charge in [-0.25, -0.2) is 9.13 Å². The van der Waals surface area contributed by atoms with Crippen LogP contribution in [0.5, 0.6) is 0 Å². The fourth-order valence-electron chi connectivity index (χ4n) is 6.54. The maximum atomic E-state index is 2.41. The minimum Gasteiger partial charge on any atom is -0.205 e. The van der Waals surface area contributed by atoms with Crippen molar-refractivity contribution in [2.75, 3.05) is 0 Å². The van der Waals surface area contributed by atoms with E-state index in [-0.39, 0.29) is 7.43 Å². The molecule has 2 aromatic heterocycles. The summed E-state index contributed by atoms with van der Waals surface area (Å²) in [7, 11) is 0. The van der Waals surface area contributed by atoms with Gasteiger partial charge in [-0.3, -0.25) is 0 Å². The average molecular weight is 595 g/mol. The van der Waals surface area contributed by atoms with Gasteiger partial charge in [0.2, 0.25) is 0 Å². The van der Waals surface area contributed by atoms with Crippen LogP contribution >= 0.6 is 0 Å². The highest BCUT2D eigenvalue weighted by Gasteiger charge is 2.14. The lowest BCUT2D eigenvalue weighted by Crippen LogP contribution is -2.32. The summed E-state index contributed by atoms with van der Waals surface area (Å²) in [6, 6.07) is 9.62. The molecule has 2 heterocycles. The van der Waals surface area contributed by atoms with Gasteiger partial charge >= 0.3 is 0 Å². The van der Waals surface area contributed by atoms with E-state index < -0.39 is 0 Å². The summed E-state index contributed by atoms with van der Waals surface area (Å²) < 4.78 is 4.82. The number of nitrogens with zero attached hydrogens (tertiary/aromatic N) is 2. The zero-order valence-corrected chi connectivity index (χ0v) is 28.6. The number of hydrogen-bond acceptors (Lipinski definition) is 0. The molecule has 2 aromatic rings. The lowest BCUT2D eigenvalue weighted by atomic mass is 9.89. The van der Waals surface area contributed by atoms with Gasteiger partial charge in [-0.2, -0.15) is 0 Å². The average Bonchev–Trinajstić information content (AvgIpc) is 3.02. The second kappa shape index (κ2) is 26.7. The second-order valence-electron chi connectivity index (χ2n) is 13.2. The van der Waals surface area contributed by atoms with Crippen LogP contribution in [0.4, 0.5) is 0 Å². The molecule has 0 unspecified atom stereocenters. The standard InChI is InChI=1S/C40H70N2.CH4/c1-5-9-23-37(24-10-6-2)39-27-33-41(34-28-39)31-21-19-17-15-13-14-16-18-20-22-32-42-35-29-40(30-36-42)38(25-11-7-3)26-12-8-4;/h27-30,33-38H,5-26,31-32H2,1-4H3;1H4/q+2;. The third-order valence-electron chi connectivity index (χ3n) is 9.48. The lowest BCUT2D eigenvalue weighted by molar-refractivity contribution is -0.697. The minimum atomic E-state index is 0. The maximum absolute atomic E-state index is 2.41. The Morgan fingerprint density at radius 3 is 0.907 bits per heavy atom. The van der Waals surface area contributed by atoms with Crippen LogP contribution < -0.4 is 9.13 Å². The highest BCUT2D eigenvalue weighted by Crippen LogP contribution is 2.28. The van der Waals surface area contributed by atoms with Gasteiger partial charge in [0.15, 0.2) is 24.8 Å². The number of aryl methyl sites for hydroxylation is 2. The van der Waals surface area contributed by atoms with E-state index in [0.717, 1.165) is 11.8 Å². The van der Waals surface area contributed by atoms with E-state index in [1.165, 1.54) is 154 Å². The molecule has 0 atom stereocenters. The van der Waals surface area contributed by atoms with Gasteiger partial charge in [-0.15, -0.1) is 0 Å². The van der Waals surface area contributed by atoms with Crippen LogP contribution in [0.3, 0.4) is 0 Å². The quantitative estimate of drug-likeness (QED) is 0.0718. The first-order valence-electron chi connectivity index (χ1n) is 18.7. The SMILES string of the molecule is C.CCCCC(CCCC)c1cc[n+](CCCCCCCCCCCC[n+]2ccc(C(CCCC)CCCC)cc2)cc1. The molecule has 2 heteroatoms. The van der Waals surface area contributed by atoms with Crippen molar-refractivity contribution in [2.24, 2.45) is 0 Å². The third-order valence-corrected chi connectivity index (χ3v) is 9.48.